The molecule has 0 spiro atoms. The van der Waals surface area contributed by atoms with E-state index >= 15 is 0 Å². The van der Waals surface area contributed by atoms with E-state index in [0.717, 1.165) is 31.8 Å². The lowest BCUT2D eigenvalue weighted by Crippen LogP contribution is -2.45. The summed E-state index contributed by atoms with van der Waals surface area (Å²) in [7, 11) is -3.67. The molecule has 1 atom stereocenters. The number of amides is 1. The number of nitrogens with one attached hydrogen (secondary N) is 1. The van der Waals surface area contributed by atoms with Crippen LogP contribution in [0.4, 0.5) is 10.8 Å². The Morgan fingerprint density at radius 1 is 1.18 bits per heavy atom. The summed E-state index contributed by atoms with van der Waals surface area (Å²) in [6.45, 7) is 9.57. The molecular weight excluding hydrogens is 416 g/mol. The molecule has 0 aliphatic rings. The first-order valence-electron chi connectivity index (χ1n) is 8.82. The third-order valence-corrected chi connectivity index (χ3v) is 7.37. The van der Waals surface area contributed by atoms with Crippen molar-refractivity contribution in [3.63, 3.8) is 0 Å². The van der Waals surface area contributed by atoms with Crippen LogP contribution in [-0.2, 0) is 14.8 Å². The second-order valence-corrected chi connectivity index (χ2v) is 11.3. The average Bonchev–Trinajstić information content (AvgIpc) is 2.98. The number of rotatable bonds is 8. The van der Waals surface area contributed by atoms with Crippen LogP contribution in [0.3, 0.4) is 0 Å². The molecule has 0 fully saturated rings. The molecule has 1 unspecified atom stereocenters. The minimum absolute atomic E-state index is 0.358. The van der Waals surface area contributed by atoms with Crippen LogP contribution < -0.4 is 9.62 Å². The Morgan fingerprint density at radius 3 is 2.32 bits per heavy atom. The van der Waals surface area contributed by atoms with Crippen LogP contribution in [0.1, 0.15) is 31.9 Å². The van der Waals surface area contributed by atoms with Crippen molar-refractivity contribution in [2.45, 2.75) is 45.0 Å². The van der Waals surface area contributed by atoms with Crippen molar-refractivity contribution >= 4 is 49.8 Å². The number of hydrogen-bond donors (Lipinski definition) is 1. The van der Waals surface area contributed by atoms with E-state index in [1.807, 2.05) is 19.9 Å². The summed E-state index contributed by atoms with van der Waals surface area (Å²) in [6, 6.07) is 4.52. The number of anilines is 2. The summed E-state index contributed by atoms with van der Waals surface area (Å²) in [6.07, 6.45) is 1.10. The van der Waals surface area contributed by atoms with Gasteiger partial charge in [0.2, 0.25) is 21.1 Å². The Labute approximate surface area is 175 Å². The summed E-state index contributed by atoms with van der Waals surface area (Å²) in [5.74, 6) is 0.974. The molecule has 1 aromatic carbocycles. The van der Waals surface area contributed by atoms with Crippen LogP contribution in [0.25, 0.3) is 0 Å². The van der Waals surface area contributed by atoms with Crippen LogP contribution in [0.15, 0.2) is 22.5 Å². The van der Waals surface area contributed by atoms with E-state index in [4.69, 9.17) is 0 Å². The molecule has 1 amide bonds. The van der Waals surface area contributed by atoms with Crippen LogP contribution in [0.5, 0.6) is 0 Å². The molecule has 7 nitrogen and oxygen atoms in total. The zero-order valence-corrected chi connectivity index (χ0v) is 19.3. The molecule has 0 aliphatic heterocycles. The topological polar surface area (TPSA) is 92.3 Å². The summed E-state index contributed by atoms with van der Waals surface area (Å²) in [4.78, 5) is 12.7. The summed E-state index contributed by atoms with van der Waals surface area (Å²) >= 11 is 2.86. The fourth-order valence-corrected chi connectivity index (χ4v) is 5.54. The first-order valence-corrected chi connectivity index (χ1v) is 12.5. The van der Waals surface area contributed by atoms with Gasteiger partial charge in [-0.25, -0.2) is 8.42 Å². The molecule has 1 N–H and O–H groups in total. The smallest absolute Gasteiger partial charge is 0.249 e. The molecule has 0 radical (unpaired) electrons. The fourth-order valence-electron chi connectivity index (χ4n) is 2.65. The highest BCUT2D eigenvalue weighted by Crippen LogP contribution is 2.28. The third-order valence-electron chi connectivity index (χ3n) is 3.73. The van der Waals surface area contributed by atoms with Crippen LogP contribution in [0.2, 0.25) is 0 Å². The molecule has 28 heavy (non-hydrogen) atoms. The van der Waals surface area contributed by atoms with Crippen molar-refractivity contribution in [3.05, 3.63) is 29.3 Å². The highest BCUT2D eigenvalue weighted by Gasteiger charge is 2.30. The van der Waals surface area contributed by atoms with Gasteiger partial charge in [-0.3, -0.25) is 14.4 Å². The largest absolute Gasteiger partial charge is 0.299 e. The summed E-state index contributed by atoms with van der Waals surface area (Å²) < 4.78 is 26.8. The van der Waals surface area contributed by atoms with E-state index in [2.05, 4.69) is 29.4 Å². The zero-order chi connectivity index (χ0) is 21.1. The van der Waals surface area contributed by atoms with Crippen molar-refractivity contribution in [3.8, 4) is 0 Å². The Kier molecular flexibility index (Phi) is 7.46. The van der Waals surface area contributed by atoms with Gasteiger partial charge in [0.25, 0.3) is 0 Å². The number of aryl methyl sites for hydroxylation is 2. The van der Waals surface area contributed by atoms with Crippen molar-refractivity contribution in [1.29, 1.82) is 0 Å². The highest BCUT2D eigenvalue weighted by molar-refractivity contribution is 8.01. The van der Waals surface area contributed by atoms with Gasteiger partial charge in [-0.1, -0.05) is 43.0 Å². The van der Waals surface area contributed by atoms with E-state index < -0.39 is 22.0 Å². The minimum Gasteiger partial charge on any atom is -0.299 e. The molecule has 1 aromatic heterocycles. The maximum Gasteiger partial charge on any atom is 0.249 e. The molecule has 0 bridgehead atoms. The maximum absolute atomic E-state index is 12.7. The monoisotopic (exact) mass is 442 g/mol. The molecule has 2 aromatic rings. The second kappa shape index (κ2) is 9.23. The van der Waals surface area contributed by atoms with E-state index in [9.17, 15) is 13.2 Å². The predicted molar refractivity (Wildman–Crippen MR) is 117 cm³/mol. The molecule has 0 aliphatic carbocycles. The molecular formula is C18H26N4O3S3. The Morgan fingerprint density at radius 2 is 1.79 bits per heavy atom. The maximum atomic E-state index is 12.7. The normalized spacial score (nSPS) is 12.8. The Balaban J connectivity index is 2.20. The van der Waals surface area contributed by atoms with Crippen molar-refractivity contribution in [1.82, 2.24) is 10.2 Å². The average molecular weight is 443 g/mol. The van der Waals surface area contributed by atoms with Gasteiger partial charge in [0, 0.05) is 5.75 Å². The number of carbonyl (C=O) groups excluding carboxylic acids is 1. The molecule has 2 rings (SSSR count). The molecule has 154 valence electrons. The third kappa shape index (κ3) is 6.18. The number of aromatic nitrogens is 2. The number of thioether (sulfide) groups is 1. The number of hydrogen-bond acceptors (Lipinski definition) is 7. The van der Waals surface area contributed by atoms with Gasteiger partial charge < -0.3 is 0 Å². The molecule has 0 saturated heterocycles. The summed E-state index contributed by atoms with van der Waals surface area (Å²) in [5.41, 5.74) is 2.31. The zero-order valence-electron chi connectivity index (χ0n) is 16.9. The molecule has 1 heterocycles. The lowest BCUT2D eigenvalue weighted by molar-refractivity contribution is -0.116. The number of sulfonamides is 1. The summed E-state index contributed by atoms with van der Waals surface area (Å²) in [5, 5.41) is 11.1. The Hall–Kier alpha value is -1.65. The van der Waals surface area contributed by atoms with Crippen LogP contribution in [0, 0.1) is 19.8 Å². The van der Waals surface area contributed by atoms with Crippen LogP contribution in [-0.4, -0.2) is 42.6 Å². The van der Waals surface area contributed by atoms with Gasteiger partial charge in [-0.2, -0.15) is 0 Å². The quantitative estimate of drug-likeness (QED) is 0.495. The van der Waals surface area contributed by atoms with Gasteiger partial charge in [0.15, 0.2) is 4.34 Å². The van der Waals surface area contributed by atoms with E-state index in [1.54, 1.807) is 30.8 Å². The van der Waals surface area contributed by atoms with Crippen molar-refractivity contribution < 1.29 is 13.2 Å². The first kappa shape index (κ1) is 22.6. The molecule has 0 saturated carbocycles. The van der Waals surface area contributed by atoms with Crippen LogP contribution >= 0.6 is 23.1 Å². The number of nitrogens with zero attached hydrogens (tertiary/aromatic N) is 3. The van der Waals surface area contributed by atoms with Gasteiger partial charge in [0.1, 0.15) is 6.04 Å². The van der Waals surface area contributed by atoms with Gasteiger partial charge in [-0.05, 0) is 49.9 Å². The molecule has 10 heteroatoms. The predicted octanol–water partition coefficient (Wildman–Crippen LogP) is 3.70. The van der Waals surface area contributed by atoms with E-state index in [0.29, 0.717) is 16.7 Å². The lowest BCUT2D eigenvalue weighted by atomic mass is 10.1. The standard InChI is InChI=1S/C18H26N4O3S3/c1-11(2)10-26-18-21-20-17(27-18)19-16(23)14(5)22(28(6,24)25)15-8-12(3)7-13(4)9-15/h7-9,11,14H,10H2,1-6H3,(H,19,20,23). The van der Waals surface area contributed by atoms with Gasteiger partial charge in [-0.15, -0.1) is 10.2 Å². The number of carbonyl (C=O) groups is 1. The fraction of sp³-hybridized carbons (Fsp3) is 0.500. The SMILES string of the molecule is Cc1cc(C)cc(N(C(C)C(=O)Nc2nnc(SCC(C)C)s2)S(C)(=O)=O)c1. The minimum atomic E-state index is -3.67. The van der Waals surface area contributed by atoms with Gasteiger partial charge in [0.05, 0.1) is 11.9 Å². The Bertz CT molecular complexity index is 921. The number of benzene rings is 1. The first-order chi connectivity index (χ1) is 13.0. The lowest BCUT2D eigenvalue weighted by Gasteiger charge is -2.28. The highest BCUT2D eigenvalue weighted by atomic mass is 32.2. The second-order valence-electron chi connectivity index (χ2n) is 7.15. The van der Waals surface area contributed by atoms with E-state index in [-0.39, 0.29) is 0 Å². The van der Waals surface area contributed by atoms with E-state index in [1.165, 1.54) is 11.3 Å². The van der Waals surface area contributed by atoms with Gasteiger partial charge >= 0.3 is 0 Å². The van der Waals surface area contributed by atoms with Crippen molar-refractivity contribution in [2.24, 2.45) is 5.92 Å². The van der Waals surface area contributed by atoms with Crippen molar-refractivity contribution in [2.75, 3.05) is 21.6 Å².